The predicted octanol–water partition coefficient (Wildman–Crippen LogP) is 1.42. The van der Waals surface area contributed by atoms with Crippen molar-refractivity contribution in [2.75, 3.05) is 83.5 Å². The zero-order chi connectivity index (χ0) is 53.7. The number of nitrogens with one attached hydrogen (secondary N) is 5. The number of rotatable bonds is 32. The van der Waals surface area contributed by atoms with Crippen LogP contribution in [0.2, 0.25) is 0 Å². The van der Waals surface area contributed by atoms with Gasteiger partial charge in [0.15, 0.2) is 11.5 Å². The van der Waals surface area contributed by atoms with Crippen LogP contribution in [0.15, 0.2) is 47.3 Å². The molecule has 2 atom stereocenters. The molecule has 0 unspecified atom stereocenters. The van der Waals surface area contributed by atoms with E-state index in [0.717, 1.165) is 30.3 Å². The number of urea groups is 1. The van der Waals surface area contributed by atoms with Crippen LogP contribution >= 0.6 is 0 Å². The fourth-order valence-corrected chi connectivity index (χ4v) is 8.08. The molecule has 3 aromatic heterocycles. The third-order valence-corrected chi connectivity index (χ3v) is 12.3. The molecule has 26 nitrogen and oxygen atoms in total. The fraction of sp³-hybridized carbons (Fsp3) is 0.551. The van der Waals surface area contributed by atoms with Gasteiger partial charge in [-0.25, -0.2) is 29.0 Å². The molecule has 6 rings (SSSR count). The second kappa shape index (κ2) is 29.0. The molecule has 1 saturated carbocycles. The second-order valence-corrected chi connectivity index (χ2v) is 18.3. The van der Waals surface area contributed by atoms with Gasteiger partial charge in [0.1, 0.15) is 35.5 Å². The van der Waals surface area contributed by atoms with Gasteiger partial charge >= 0.3 is 17.8 Å². The number of benzene rings is 2. The molecular weight excluding hydrogens is 975 g/mol. The molecule has 26 heteroatoms. The third kappa shape index (κ3) is 17.4. The topological polar surface area (TPSA) is 355 Å². The van der Waals surface area contributed by atoms with Crippen molar-refractivity contribution in [2.45, 2.75) is 97.1 Å². The number of primary amides is 1. The summed E-state index contributed by atoms with van der Waals surface area (Å²) in [6, 6.07) is 9.68. The van der Waals surface area contributed by atoms with Gasteiger partial charge in [-0.05, 0) is 80.3 Å². The monoisotopic (exact) mass is 1050 g/mol. The molecular formula is C49H71N15O11. The third-order valence-electron chi connectivity index (χ3n) is 12.3. The van der Waals surface area contributed by atoms with E-state index in [1.54, 1.807) is 54.6 Å². The molecule has 0 spiro atoms. The summed E-state index contributed by atoms with van der Waals surface area (Å²) >= 11 is 0. The molecule has 5 aromatic rings. The van der Waals surface area contributed by atoms with Crippen LogP contribution in [-0.2, 0) is 57.8 Å². The predicted molar refractivity (Wildman–Crippen MR) is 276 cm³/mol. The first-order valence-corrected chi connectivity index (χ1v) is 25.2. The standard InChI is InChI=1S/C49H71N15O11/c1-31(2)41(58-40(65)15-20-71-22-24-73-26-27-74-25-23-72-21-16-50)46(67)57-37(8-5-17-53-47(52)68)45(66)56-35-12-9-33(10-13-35)30-75-49(70)62(36-6-4-7-36)18-19-64-39-14-11-34(28-38(39)60-61-64)29-63-44-42(59-48(63)69)43(51)54-32(3)55-44/h9-14,28,31,36-37,41H,4-8,15-27,29-30,50H2,1-3H3,(H,56,66)(H,57,67)(H,58,65)(H,59,69)(H2,51,54,55)(H3,52,53,68)/t37-,41-/m0/s1. The molecule has 6 amide bonds. The number of aromatic nitrogens is 7. The molecule has 0 bridgehead atoms. The highest BCUT2D eigenvalue weighted by atomic mass is 16.6. The summed E-state index contributed by atoms with van der Waals surface area (Å²) in [7, 11) is 0. The van der Waals surface area contributed by atoms with Crippen LogP contribution in [0, 0.1) is 12.8 Å². The van der Waals surface area contributed by atoms with Gasteiger partial charge in [-0.15, -0.1) is 5.10 Å². The Hall–Kier alpha value is -7.26. The van der Waals surface area contributed by atoms with Crippen molar-refractivity contribution >= 4 is 63.5 Å². The molecule has 2 aromatic carbocycles. The van der Waals surface area contributed by atoms with E-state index in [-0.39, 0.29) is 69.2 Å². The number of aryl methyl sites for hydroxylation is 1. The fourth-order valence-electron chi connectivity index (χ4n) is 8.08. The maximum absolute atomic E-state index is 13.7. The van der Waals surface area contributed by atoms with Crippen molar-refractivity contribution in [1.29, 1.82) is 0 Å². The Morgan fingerprint density at radius 2 is 1.56 bits per heavy atom. The van der Waals surface area contributed by atoms with E-state index in [0.29, 0.717) is 99.5 Å². The van der Waals surface area contributed by atoms with Gasteiger partial charge in [0.2, 0.25) is 17.7 Å². The molecule has 1 fully saturated rings. The van der Waals surface area contributed by atoms with Crippen LogP contribution in [0.1, 0.15) is 69.3 Å². The molecule has 3 heterocycles. The molecule has 75 heavy (non-hydrogen) atoms. The summed E-state index contributed by atoms with van der Waals surface area (Å²) in [6.45, 7) is 9.64. The molecule has 0 saturated heterocycles. The number of nitrogens with zero attached hydrogens (tertiary/aromatic N) is 7. The lowest BCUT2D eigenvalue weighted by molar-refractivity contribution is -0.132. The van der Waals surface area contributed by atoms with E-state index >= 15 is 0 Å². The average Bonchev–Trinajstić information content (AvgIpc) is 3.91. The van der Waals surface area contributed by atoms with Crippen LogP contribution in [0.25, 0.3) is 22.2 Å². The van der Waals surface area contributed by atoms with Crippen molar-refractivity contribution in [2.24, 2.45) is 17.4 Å². The summed E-state index contributed by atoms with van der Waals surface area (Å²) in [5.41, 5.74) is 20.3. The number of ether oxygens (including phenoxy) is 5. The molecule has 408 valence electrons. The lowest BCUT2D eigenvalue weighted by Gasteiger charge is -2.36. The van der Waals surface area contributed by atoms with Gasteiger partial charge < -0.3 is 72.0 Å². The maximum Gasteiger partial charge on any atom is 0.410 e. The summed E-state index contributed by atoms with van der Waals surface area (Å²) in [5, 5.41) is 19.6. The minimum atomic E-state index is -1.04. The highest BCUT2D eigenvalue weighted by molar-refractivity contribution is 5.98. The van der Waals surface area contributed by atoms with Crippen molar-refractivity contribution in [3.63, 3.8) is 0 Å². The Kier molecular flexibility index (Phi) is 22.0. The van der Waals surface area contributed by atoms with Crippen molar-refractivity contribution in [3.8, 4) is 0 Å². The number of amides is 6. The van der Waals surface area contributed by atoms with Gasteiger partial charge in [0, 0.05) is 37.8 Å². The van der Waals surface area contributed by atoms with Crippen molar-refractivity contribution in [3.05, 3.63) is 69.9 Å². The van der Waals surface area contributed by atoms with Crippen LogP contribution in [-0.4, -0.2) is 160 Å². The van der Waals surface area contributed by atoms with Gasteiger partial charge in [-0.3, -0.25) is 19.0 Å². The average molecular weight is 1050 g/mol. The Bertz CT molecular complexity index is 2720. The van der Waals surface area contributed by atoms with E-state index in [1.165, 1.54) is 4.57 Å². The summed E-state index contributed by atoms with van der Waals surface area (Å²) in [5.74, 6) is -1.17. The van der Waals surface area contributed by atoms with E-state index in [9.17, 15) is 28.8 Å². The minimum absolute atomic E-state index is 0.00183. The number of H-pyrrole nitrogens is 1. The SMILES string of the molecule is Cc1nc(N)c2[nH]c(=O)n(Cc3ccc4c(c3)nnn4CCN(C(=O)OCc3ccc(NC(=O)[C@H](CCCNC(N)=O)NC(=O)[C@@H](NC(=O)CCOCCOCCOCCOCCN)C(C)C)cc3)C3CCC3)c2n1. The highest BCUT2D eigenvalue weighted by Crippen LogP contribution is 2.26. The van der Waals surface area contributed by atoms with Crippen molar-refractivity contribution < 1.29 is 47.7 Å². The number of nitrogens with two attached hydrogens (primary N) is 3. The van der Waals surface area contributed by atoms with Gasteiger partial charge in [-0.1, -0.05) is 37.3 Å². The Morgan fingerprint density at radius 1 is 0.880 bits per heavy atom. The number of nitrogen functional groups attached to an aromatic ring is 1. The number of aromatic amines is 1. The number of carbonyl (C=O) groups is 5. The Balaban J connectivity index is 0.963. The number of hydrogen-bond acceptors (Lipinski definition) is 17. The van der Waals surface area contributed by atoms with E-state index in [2.05, 4.69) is 46.5 Å². The first kappa shape index (κ1) is 57.0. The van der Waals surface area contributed by atoms with E-state index in [1.807, 2.05) is 18.2 Å². The molecule has 0 radical (unpaired) electrons. The van der Waals surface area contributed by atoms with Crippen LogP contribution in [0.3, 0.4) is 0 Å². The molecule has 1 aliphatic rings. The minimum Gasteiger partial charge on any atom is -0.445 e. The van der Waals surface area contributed by atoms with E-state index < -0.39 is 41.9 Å². The normalized spacial score (nSPS) is 13.3. The Labute approximate surface area is 433 Å². The zero-order valence-electron chi connectivity index (χ0n) is 42.8. The zero-order valence-corrected chi connectivity index (χ0v) is 42.8. The number of hydrogen-bond donors (Lipinski definition) is 8. The number of imidazole rings is 1. The van der Waals surface area contributed by atoms with Crippen LogP contribution in [0.5, 0.6) is 0 Å². The first-order valence-electron chi connectivity index (χ1n) is 25.2. The maximum atomic E-state index is 13.7. The highest BCUT2D eigenvalue weighted by Gasteiger charge is 2.31. The number of carbonyl (C=O) groups excluding carboxylic acids is 5. The quantitative estimate of drug-likeness (QED) is 0.0282. The first-order chi connectivity index (χ1) is 36.2. The summed E-state index contributed by atoms with van der Waals surface area (Å²) < 4.78 is 30.7. The lowest BCUT2D eigenvalue weighted by Crippen LogP contribution is -2.54. The van der Waals surface area contributed by atoms with Gasteiger partial charge in [-0.2, -0.15) is 0 Å². The summed E-state index contributed by atoms with van der Waals surface area (Å²) in [6.07, 6.45) is 2.68. The second-order valence-electron chi connectivity index (χ2n) is 18.3. The molecule has 1 aliphatic carbocycles. The number of fused-ring (bicyclic) bond motifs is 2. The molecule has 11 N–H and O–H groups in total. The van der Waals surface area contributed by atoms with Crippen LogP contribution < -0.4 is 44.2 Å². The summed E-state index contributed by atoms with van der Waals surface area (Å²) in [4.78, 5) is 90.9. The van der Waals surface area contributed by atoms with Gasteiger partial charge in [0.05, 0.1) is 71.5 Å². The molecule has 0 aliphatic heterocycles. The van der Waals surface area contributed by atoms with Gasteiger partial charge in [0.25, 0.3) is 0 Å². The smallest absolute Gasteiger partial charge is 0.410 e. The lowest BCUT2D eigenvalue weighted by atomic mass is 9.92. The Morgan fingerprint density at radius 3 is 2.21 bits per heavy atom. The number of anilines is 2. The van der Waals surface area contributed by atoms with Crippen LogP contribution in [0.4, 0.5) is 21.1 Å². The van der Waals surface area contributed by atoms with Crippen molar-refractivity contribution in [1.82, 2.24) is 55.4 Å². The van der Waals surface area contributed by atoms with E-state index in [4.69, 9.17) is 40.9 Å². The largest absolute Gasteiger partial charge is 0.445 e.